The highest BCUT2D eigenvalue weighted by Crippen LogP contribution is 2.49. The molecule has 2 aromatic carbocycles. The summed E-state index contributed by atoms with van der Waals surface area (Å²) in [5.74, 6) is -0.282. The topological polar surface area (TPSA) is 43.4 Å². The van der Waals surface area contributed by atoms with E-state index in [2.05, 4.69) is 38.4 Å². The molecule has 2 aromatic rings. The van der Waals surface area contributed by atoms with E-state index in [0.717, 1.165) is 21.9 Å². The number of hydrogen-bond acceptors (Lipinski definition) is 3. The smallest absolute Gasteiger partial charge is 0.334 e. The fourth-order valence-corrected chi connectivity index (χ4v) is 6.56. The van der Waals surface area contributed by atoms with Crippen LogP contribution in [0.2, 0.25) is 19.6 Å². The van der Waals surface area contributed by atoms with Gasteiger partial charge in [-0.15, -0.1) is 0 Å². The minimum absolute atomic E-state index is 0.0690. The minimum Gasteiger partial charge on any atom is -0.463 e. The highest BCUT2D eigenvalue weighted by atomic mass is 28.3. The Bertz CT molecular complexity index is 1000. The number of benzene rings is 2. The highest BCUT2D eigenvalue weighted by molar-refractivity contribution is 6.88. The molecule has 0 radical (unpaired) electrons. The van der Waals surface area contributed by atoms with Crippen molar-refractivity contribution in [2.75, 3.05) is 6.61 Å². The lowest BCUT2D eigenvalue weighted by Crippen LogP contribution is -2.38. The number of carbonyl (C=O) groups is 2. The van der Waals surface area contributed by atoms with E-state index < -0.39 is 13.5 Å². The average molecular weight is 433 g/mol. The van der Waals surface area contributed by atoms with Crippen LogP contribution in [0, 0.1) is 5.41 Å². The van der Waals surface area contributed by atoms with E-state index in [1.165, 1.54) is 0 Å². The molecule has 0 amide bonds. The standard InChI is InChI=1S/C27H32O3Si/c1-6-30-26(29)23-19-27(18-22-15-11-8-12-16-22,25(28)24(23)31(3,4)5)20(2)17-21-13-9-7-10-14-21/h7-16H,2,6,17-19H2,1,3-5H3. The maximum absolute atomic E-state index is 14.1. The minimum atomic E-state index is -2.10. The molecule has 0 heterocycles. The number of ketones is 1. The lowest BCUT2D eigenvalue weighted by atomic mass is 9.70. The zero-order valence-corrected chi connectivity index (χ0v) is 20.0. The van der Waals surface area contributed by atoms with Gasteiger partial charge in [-0.3, -0.25) is 4.79 Å². The fourth-order valence-electron chi connectivity index (χ4n) is 4.54. The van der Waals surface area contributed by atoms with Gasteiger partial charge in [0, 0.05) is 5.57 Å². The third-order valence-corrected chi connectivity index (χ3v) is 8.03. The number of allylic oxidation sites excluding steroid dienone is 2. The molecular formula is C27H32O3Si. The second kappa shape index (κ2) is 9.19. The van der Waals surface area contributed by atoms with E-state index in [1.54, 1.807) is 6.92 Å². The van der Waals surface area contributed by atoms with Crippen molar-refractivity contribution < 1.29 is 14.3 Å². The average Bonchev–Trinajstić information content (AvgIpc) is 3.03. The third-order valence-electron chi connectivity index (χ3n) is 6.00. The highest BCUT2D eigenvalue weighted by Gasteiger charge is 2.53. The molecule has 162 valence electrons. The normalized spacial score (nSPS) is 18.9. The number of hydrogen-bond donors (Lipinski definition) is 0. The summed E-state index contributed by atoms with van der Waals surface area (Å²) in [6.45, 7) is 12.9. The lowest BCUT2D eigenvalue weighted by molar-refractivity contribution is -0.138. The Kier molecular flexibility index (Phi) is 6.80. The molecule has 3 nitrogen and oxygen atoms in total. The first-order chi connectivity index (χ1) is 14.7. The monoisotopic (exact) mass is 432 g/mol. The molecule has 0 aromatic heterocycles. The van der Waals surface area contributed by atoms with Gasteiger partial charge >= 0.3 is 5.97 Å². The molecule has 3 rings (SSSR count). The summed E-state index contributed by atoms with van der Waals surface area (Å²) >= 11 is 0. The molecule has 0 aliphatic heterocycles. The zero-order chi connectivity index (χ0) is 22.6. The van der Waals surface area contributed by atoms with E-state index in [-0.39, 0.29) is 11.8 Å². The number of ether oxygens (including phenoxy) is 1. The molecule has 0 spiro atoms. The van der Waals surface area contributed by atoms with Crippen molar-refractivity contribution in [3.63, 3.8) is 0 Å². The SMILES string of the molecule is C=C(Cc1ccccc1)C1(Cc2ccccc2)CC(C(=O)OCC)=C([Si](C)(C)C)C1=O. The summed E-state index contributed by atoms with van der Waals surface area (Å²) < 4.78 is 5.38. The summed E-state index contributed by atoms with van der Waals surface area (Å²) in [4.78, 5) is 27.1. The van der Waals surface area contributed by atoms with Gasteiger partial charge in [-0.25, -0.2) is 4.79 Å². The zero-order valence-electron chi connectivity index (χ0n) is 19.0. The maximum atomic E-state index is 14.1. The van der Waals surface area contributed by atoms with Crippen LogP contribution < -0.4 is 0 Å². The second-order valence-electron chi connectivity index (χ2n) is 9.34. The fraction of sp³-hybridized carbons (Fsp3) is 0.333. The molecule has 4 heteroatoms. The summed E-state index contributed by atoms with van der Waals surface area (Å²) in [6.07, 6.45) is 1.51. The van der Waals surface area contributed by atoms with Crippen LogP contribution in [-0.2, 0) is 27.2 Å². The number of esters is 1. The molecule has 0 fully saturated rings. The summed E-state index contributed by atoms with van der Waals surface area (Å²) in [5.41, 5.74) is 2.80. The lowest BCUT2D eigenvalue weighted by Gasteiger charge is -2.32. The Balaban J connectivity index is 2.09. The van der Waals surface area contributed by atoms with Crippen LogP contribution in [0.5, 0.6) is 0 Å². The Morgan fingerprint density at radius 2 is 1.55 bits per heavy atom. The summed E-state index contributed by atoms with van der Waals surface area (Å²) in [5, 5.41) is 0.719. The molecule has 1 atom stereocenters. The van der Waals surface area contributed by atoms with Crippen LogP contribution in [0.1, 0.15) is 24.5 Å². The Labute approximate surface area is 186 Å². The van der Waals surface area contributed by atoms with Crippen LogP contribution in [0.15, 0.2) is 83.6 Å². The van der Waals surface area contributed by atoms with Crippen molar-refractivity contribution >= 4 is 19.8 Å². The first-order valence-electron chi connectivity index (χ1n) is 10.9. The van der Waals surface area contributed by atoms with Gasteiger partial charge < -0.3 is 4.74 Å². The number of rotatable bonds is 8. The van der Waals surface area contributed by atoms with Crippen LogP contribution in [0.4, 0.5) is 0 Å². The Morgan fingerprint density at radius 1 is 1.00 bits per heavy atom. The van der Waals surface area contributed by atoms with Crippen molar-refractivity contribution in [1.82, 2.24) is 0 Å². The first-order valence-corrected chi connectivity index (χ1v) is 14.4. The molecule has 0 saturated heterocycles. The first kappa shape index (κ1) is 23.0. The van der Waals surface area contributed by atoms with Gasteiger partial charge in [-0.1, -0.05) is 92.5 Å². The Hall–Kier alpha value is -2.72. The van der Waals surface area contributed by atoms with Crippen LogP contribution in [-0.4, -0.2) is 26.4 Å². The molecule has 1 aliphatic rings. The van der Waals surface area contributed by atoms with Crippen LogP contribution in [0.25, 0.3) is 0 Å². The maximum Gasteiger partial charge on any atom is 0.334 e. The largest absolute Gasteiger partial charge is 0.463 e. The van der Waals surface area contributed by atoms with Crippen molar-refractivity contribution in [2.45, 2.75) is 45.8 Å². The van der Waals surface area contributed by atoms with Crippen LogP contribution >= 0.6 is 0 Å². The van der Waals surface area contributed by atoms with Crippen LogP contribution in [0.3, 0.4) is 0 Å². The predicted molar refractivity (Wildman–Crippen MR) is 128 cm³/mol. The van der Waals surface area contributed by atoms with Crippen molar-refractivity contribution in [3.05, 3.63) is 94.7 Å². The third kappa shape index (κ3) is 4.80. The van der Waals surface area contributed by atoms with E-state index >= 15 is 0 Å². The van der Waals surface area contributed by atoms with Gasteiger partial charge in [0.1, 0.15) is 0 Å². The van der Waals surface area contributed by atoms with Gasteiger partial charge in [-0.2, -0.15) is 0 Å². The number of carbonyl (C=O) groups excluding carboxylic acids is 2. The molecular weight excluding hydrogens is 400 g/mol. The van der Waals surface area contributed by atoms with E-state index in [1.807, 2.05) is 48.5 Å². The Morgan fingerprint density at radius 3 is 2.06 bits per heavy atom. The van der Waals surface area contributed by atoms with E-state index in [9.17, 15) is 9.59 Å². The molecule has 0 bridgehead atoms. The van der Waals surface area contributed by atoms with Crippen molar-refractivity contribution in [3.8, 4) is 0 Å². The second-order valence-corrected chi connectivity index (χ2v) is 14.3. The van der Waals surface area contributed by atoms with E-state index in [0.29, 0.717) is 31.4 Å². The molecule has 1 aliphatic carbocycles. The molecule has 31 heavy (non-hydrogen) atoms. The molecule has 0 saturated carbocycles. The van der Waals surface area contributed by atoms with Gasteiger partial charge in [0.15, 0.2) is 5.78 Å². The summed E-state index contributed by atoms with van der Waals surface area (Å²) in [6, 6.07) is 20.1. The van der Waals surface area contributed by atoms with Crippen molar-refractivity contribution in [1.29, 1.82) is 0 Å². The molecule has 1 unspecified atom stereocenters. The molecule has 0 N–H and O–H groups in total. The van der Waals surface area contributed by atoms with Crippen molar-refractivity contribution in [2.24, 2.45) is 5.41 Å². The van der Waals surface area contributed by atoms with Gasteiger partial charge in [0.05, 0.1) is 20.1 Å². The van der Waals surface area contributed by atoms with Gasteiger partial charge in [0.2, 0.25) is 0 Å². The summed E-state index contributed by atoms with van der Waals surface area (Å²) in [7, 11) is -2.10. The number of Topliss-reactive ketones (excluding diaryl/α,β-unsaturated/α-hetero) is 1. The van der Waals surface area contributed by atoms with E-state index in [4.69, 9.17) is 4.74 Å². The van der Waals surface area contributed by atoms with Gasteiger partial charge in [0.25, 0.3) is 0 Å². The predicted octanol–water partition coefficient (Wildman–Crippen LogP) is 5.72. The van der Waals surface area contributed by atoms with Gasteiger partial charge in [-0.05, 0) is 42.5 Å². The quantitative estimate of drug-likeness (QED) is 0.304.